The van der Waals surface area contributed by atoms with E-state index >= 15 is 0 Å². The lowest BCUT2D eigenvalue weighted by Gasteiger charge is -2.26. The smallest absolute Gasteiger partial charge is 0.326 e. The number of nitrogens with zero attached hydrogens (tertiary/aromatic N) is 3. The van der Waals surface area contributed by atoms with Crippen molar-refractivity contribution >= 4 is 51.1 Å². The fourth-order valence-electron chi connectivity index (χ4n) is 3.48. The van der Waals surface area contributed by atoms with E-state index in [1.54, 1.807) is 11.5 Å². The van der Waals surface area contributed by atoms with Gasteiger partial charge in [-0.3, -0.25) is 14.4 Å². The molecule has 0 spiro atoms. The molecule has 0 N–H and O–H groups in total. The Bertz CT molecular complexity index is 1020. The van der Waals surface area contributed by atoms with Gasteiger partial charge in [-0.15, -0.1) is 11.8 Å². The Labute approximate surface area is 195 Å². The van der Waals surface area contributed by atoms with E-state index in [0.717, 1.165) is 36.1 Å². The van der Waals surface area contributed by atoms with Crippen molar-refractivity contribution in [2.24, 2.45) is 4.99 Å². The highest BCUT2D eigenvalue weighted by atomic mass is 32.2. The summed E-state index contributed by atoms with van der Waals surface area (Å²) >= 11 is 2.59. The lowest BCUT2D eigenvalue weighted by Crippen LogP contribution is -2.36. The van der Waals surface area contributed by atoms with Gasteiger partial charge in [0.1, 0.15) is 12.3 Å². The summed E-state index contributed by atoms with van der Waals surface area (Å²) in [4.78, 5) is 43.5. The van der Waals surface area contributed by atoms with Crippen LogP contribution in [-0.2, 0) is 25.7 Å². The molecule has 0 unspecified atom stereocenters. The van der Waals surface area contributed by atoms with Gasteiger partial charge in [0.15, 0.2) is 4.80 Å². The zero-order valence-corrected chi connectivity index (χ0v) is 20.1. The minimum absolute atomic E-state index is 0.0332. The van der Waals surface area contributed by atoms with Crippen LogP contribution in [-0.4, -0.2) is 65.1 Å². The van der Waals surface area contributed by atoms with E-state index in [-0.39, 0.29) is 36.5 Å². The predicted octanol–water partition coefficient (Wildman–Crippen LogP) is 2.84. The lowest BCUT2D eigenvalue weighted by atomic mass is 10.1. The van der Waals surface area contributed by atoms with E-state index in [1.807, 2.05) is 30.0 Å². The molecule has 0 atom stereocenters. The van der Waals surface area contributed by atoms with Crippen LogP contribution in [0, 0.1) is 0 Å². The van der Waals surface area contributed by atoms with Crippen molar-refractivity contribution in [1.29, 1.82) is 0 Å². The van der Waals surface area contributed by atoms with Crippen LogP contribution in [0.5, 0.6) is 5.75 Å². The zero-order chi connectivity index (χ0) is 22.9. The third-order valence-electron chi connectivity index (χ3n) is 4.94. The Morgan fingerprint density at radius 2 is 1.88 bits per heavy atom. The number of hydrogen-bond donors (Lipinski definition) is 0. The maximum Gasteiger partial charge on any atom is 0.326 e. The number of likely N-dealkylation sites (tertiary alicyclic amines) is 1. The highest BCUT2D eigenvalue weighted by Crippen LogP contribution is 2.23. The average molecular weight is 480 g/mol. The Morgan fingerprint density at radius 3 is 2.59 bits per heavy atom. The topological polar surface area (TPSA) is 90.2 Å². The first-order valence-electron chi connectivity index (χ1n) is 10.9. The number of carbonyl (C=O) groups excluding carboxylic acids is 3. The van der Waals surface area contributed by atoms with Crippen LogP contribution < -0.4 is 9.54 Å². The molecule has 32 heavy (non-hydrogen) atoms. The number of piperidine rings is 1. The maximum atomic E-state index is 12.5. The summed E-state index contributed by atoms with van der Waals surface area (Å²) in [5, 5.41) is 0. The highest BCUT2D eigenvalue weighted by molar-refractivity contribution is 8.00. The number of amides is 2. The molecule has 1 saturated heterocycles. The third kappa shape index (κ3) is 6.59. The molecule has 1 aromatic carbocycles. The van der Waals surface area contributed by atoms with Crippen molar-refractivity contribution in [3.8, 4) is 5.75 Å². The number of ether oxygens (including phenoxy) is 2. The molecule has 2 aromatic rings. The molecule has 1 aliphatic rings. The molecule has 1 fully saturated rings. The van der Waals surface area contributed by atoms with Gasteiger partial charge in [-0.2, -0.15) is 4.99 Å². The molecule has 8 nitrogen and oxygen atoms in total. The van der Waals surface area contributed by atoms with E-state index in [0.29, 0.717) is 17.2 Å². The van der Waals surface area contributed by atoms with E-state index in [2.05, 4.69) is 4.99 Å². The number of rotatable bonds is 9. The van der Waals surface area contributed by atoms with Gasteiger partial charge in [-0.05, 0) is 51.3 Å². The van der Waals surface area contributed by atoms with Gasteiger partial charge in [0.2, 0.25) is 5.91 Å². The Kier molecular flexibility index (Phi) is 9.16. The number of carbonyl (C=O) groups is 3. The lowest BCUT2D eigenvalue weighted by molar-refractivity contribution is -0.143. The van der Waals surface area contributed by atoms with Gasteiger partial charge in [0.25, 0.3) is 5.91 Å². The molecule has 1 aromatic heterocycles. The largest absolute Gasteiger partial charge is 0.494 e. The Balaban J connectivity index is 1.74. The van der Waals surface area contributed by atoms with Gasteiger partial charge in [0, 0.05) is 13.1 Å². The molecule has 0 bridgehead atoms. The van der Waals surface area contributed by atoms with E-state index in [4.69, 9.17) is 9.47 Å². The van der Waals surface area contributed by atoms with Crippen molar-refractivity contribution in [2.75, 3.05) is 37.8 Å². The molecule has 2 amide bonds. The maximum absolute atomic E-state index is 12.5. The number of benzene rings is 1. The number of aromatic nitrogens is 1. The van der Waals surface area contributed by atoms with Crippen LogP contribution >= 0.6 is 23.1 Å². The number of thioether (sulfide) groups is 1. The van der Waals surface area contributed by atoms with Gasteiger partial charge in [0.05, 0.1) is 34.9 Å². The number of fused-ring (bicyclic) bond motifs is 1. The van der Waals surface area contributed by atoms with Crippen molar-refractivity contribution in [3.05, 3.63) is 23.0 Å². The van der Waals surface area contributed by atoms with Gasteiger partial charge >= 0.3 is 5.97 Å². The predicted molar refractivity (Wildman–Crippen MR) is 126 cm³/mol. The second-order valence-corrected chi connectivity index (χ2v) is 9.27. The zero-order valence-electron chi connectivity index (χ0n) is 18.5. The molecule has 10 heteroatoms. The Morgan fingerprint density at radius 1 is 1.09 bits per heavy atom. The fraction of sp³-hybridized carbons (Fsp3) is 0.545. The molecule has 3 rings (SSSR count). The summed E-state index contributed by atoms with van der Waals surface area (Å²) in [6, 6.07) is 5.56. The van der Waals surface area contributed by atoms with Crippen molar-refractivity contribution in [3.63, 3.8) is 0 Å². The second kappa shape index (κ2) is 12.1. The van der Waals surface area contributed by atoms with Crippen LogP contribution in [0.2, 0.25) is 0 Å². The molecule has 174 valence electrons. The summed E-state index contributed by atoms with van der Waals surface area (Å²) in [6.45, 7) is 6.06. The van der Waals surface area contributed by atoms with Crippen LogP contribution in [0.3, 0.4) is 0 Å². The first kappa shape index (κ1) is 24.3. The minimum Gasteiger partial charge on any atom is -0.494 e. The van der Waals surface area contributed by atoms with Crippen molar-refractivity contribution < 1.29 is 23.9 Å². The molecular formula is C22H29N3O5S2. The van der Waals surface area contributed by atoms with E-state index < -0.39 is 5.97 Å². The van der Waals surface area contributed by atoms with Crippen molar-refractivity contribution in [1.82, 2.24) is 9.47 Å². The molecule has 0 aliphatic carbocycles. The second-order valence-electron chi connectivity index (χ2n) is 7.28. The molecular weight excluding hydrogens is 450 g/mol. The van der Waals surface area contributed by atoms with E-state index in [1.165, 1.54) is 29.5 Å². The normalized spacial score (nSPS) is 14.6. The number of thiazole rings is 1. The number of hydrogen-bond acceptors (Lipinski definition) is 7. The van der Waals surface area contributed by atoms with Gasteiger partial charge in [-0.25, -0.2) is 0 Å². The van der Waals surface area contributed by atoms with Gasteiger partial charge in [-0.1, -0.05) is 11.3 Å². The van der Waals surface area contributed by atoms with Crippen LogP contribution in [0.1, 0.15) is 33.1 Å². The summed E-state index contributed by atoms with van der Waals surface area (Å²) in [5.74, 6) is 0.442. The summed E-state index contributed by atoms with van der Waals surface area (Å²) in [5.41, 5.74) is 0.783. The monoisotopic (exact) mass is 479 g/mol. The summed E-state index contributed by atoms with van der Waals surface area (Å²) in [7, 11) is 0. The molecule has 0 saturated carbocycles. The van der Waals surface area contributed by atoms with Crippen LogP contribution in [0.4, 0.5) is 0 Å². The first-order chi connectivity index (χ1) is 15.5. The van der Waals surface area contributed by atoms with E-state index in [9.17, 15) is 14.4 Å². The van der Waals surface area contributed by atoms with Crippen LogP contribution in [0.25, 0.3) is 10.2 Å². The van der Waals surface area contributed by atoms with Gasteiger partial charge < -0.3 is 18.9 Å². The van der Waals surface area contributed by atoms with Crippen LogP contribution in [0.15, 0.2) is 23.2 Å². The quantitative estimate of drug-likeness (QED) is 0.514. The highest BCUT2D eigenvalue weighted by Gasteiger charge is 2.17. The minimum atomic E-state index is -0.392. The standard InChI is InChI=1S/C22H29N3O5S2/c1-3-29-16-8-9-17-18(12-16)32-22(25(17)13-21(28)30-4-2)23-19(26)14-31-15-20(27)24-10-6-5-7-11-24/h8-9,12H,3-7,10-11,13-15H2,1-2H3. The van der Waals surface area contributed by atoms with Crippen molar-refractivity contribution in [2.45, 2.75) is 39.7 Å². The molecule has 2 heterocycles. The Hall–Kier alpha value is -2.33. The summed E-state index contributed by atoms with van der Waals surface area (Å²) < 4.78 is 13.2. The average Bonchev–Trinajstić information content (AvgIpc) is 3.10. The fourth-order valence-corrected chi connectivity index (χ4v) is 5.26. The summed E-state index contributed by atoms with van der Waals surface area (Å²) in [6.07, 6.45) is 3.26. The molecule has 0 radical (unpaired) electrons. The molecule has 1 aliphatic heterocycles. The third-order valence-corrected chi connectivity index (χ3v) is 6.88. The number of esters is 1. The SMILES string of the molecule is CCOC(=O)Cn1c(=NC(=O)CSCC(=O)N2CCCCC2)sc2cc(OCC)ccc21. The first-order valence-corrected chi connectivity index (χ1v) is 12.8.